The largest absolute Gasteiger partial charge is 0.487 e. The third-order valence-electron chi connectivity index (χ3n) is 3.08. The molecule has 1 amide bonds. The molecule has 2 heterocycles. The Labute approximate surface area is 109 Å². The molecule has 0 aliphatic carbocycles. The molecule has 0 unspecified atom stereocenters. The van der Waals surface area contributed by atoms with Crippen LogP contribution in [0.5, 0.6) is 5.75 Å². The van der Waals surface area contributed by atoms with Gasteiger partial charge < -0.3 is 9.64 Å². The van der Waals surface area contributed by atoms with Crippen LogP contribution in [0.3, 0.4) is 0 Å². The fourth-order valence-corrected chi connectivity index (χ4v) is 2.88. The van der Waals surface area contributed by atoms with Crippen molar-refractivity contribution in [2.24, 2.45) is 0 Å². The summed E-state index contributed by atoms with van der Waals surface area (Å²) in [5, 5.41) is 8.11. The molecule has 3 rings (SSSR count). The molecule has 0 aromatic heterocycles. The van der Waals surface area contributed by atoms with Crippen LogP contribution < -0.4 is 14.5 Å². The van der Waals surface area contributed by atoms with Crippen molar-refractivity contribution in [3.8, 4) is 5.75 Å². The fourth-order valence-electron chi connectivity index (χ4n) is 2.16. The number of amidine groups is 1. The lowest BCUT2D eigenvalue weighted by molar-refractivity contribution is -0.115. The number of hydrogen-bond acceptors (Lipinski definition) is 5. The zero-order valence-corrected chi connectivity index (χ0v) is 10.8. The smallest absolute Gasteiger partial charge is 0.243 e. The summed E-state index contributed by atoms with van der Waals surface area (Å²) in [5.74, 6) is 0.972. The van der Waals surface area contributed by atoms with E-state index < -0.39 is 0 Å². The number of hydrogen-bond donors (Lipinski definition) is 1. The number of amides is 1. The molecule has 1 fully saturated rings. The van der Waals surface area contributed by atoms with Gasteiger partial charge >= 0.3 is 0 Å². The van der Waals surface area contributed by atoms with Gasteiger partial charge in [0.05, 0.1) is 23.7 Å². The predicted octanol–water partition coefficient (Wildman–Crippen LogP) is 1.53. The van der Waals surface area contributed by atoms with E-state index in [2.05, 4.69) is 4.90 Å². The Balaban J connectivity index is 2.10. The minimum Gasteiger partial charge on any atom is -0.487 e. The molecule has 2 aliphatic heterocycles. The van der Waals surface area contributed by atoms with Crippen molar-refractivity contribution in [3.05, 3.63) is 18.2 Å². The van der Waals surface area contributed by atoms with Crippen LogP contribution in [0.1, 0.15) is 0 Å². The van der Waals surface area contributed by atoms with E-state index in [4.69, 9.17) is 10.1 Å². The Morgan fingerprint density at radius 3 is 2.89 bits per heavy atom. The van der Waals surface area contributed by atoms with E-state index in [1.165, 1.54) is 16.7 Å². The summed E-state index contributed by atoms with van der Waals surface area (Å²) in [5.41, 5.74) is 1.65. The zero-order valence-electron chi connectivity index (χ0n) is 9.97. The van der Waals surface area contributed by atoms with Gasteiger partial charge in [-0.1, -0.05) is 17.8 Å². The van der Waals surface area contributed by atoms with E-state index in [1.807, 2.05) is 25.2 Å². The third kappa shape index (κ3) is 1.64. The lowest BCUT2D eigenvalue weighted by Gasteiger charge is -2.30. The molecule has 94 valence electrons. The molecule has 0 radical (unpaired) electrons. The van der Waals surface area contributed by atoms with Crippen LogP contribution in [0.2, 0.25) is 0 Å². The molecule has 0 spiro atoms. The average molecular weight is 263 g/mol. The van der Waals surface area contributed by atoms with Crippen molar-refractivity contribution >= 4 is 34.2 Å². The number of likely N-dealkylation sites (N-methyl/N-ethyl adjacent to an activating group) is 1. The van der Waals surface area contributed by atoms with Gasteiger partial charge in [-0.25, -0.2) is 0 Å². The maximum absolute atomic E-state index is 11.8. The lowest BCUT2D eigenvalue weighted by atomic mass is 10.2. The maximum Gasteiger partial charge on any atom is 0.243 e. The van der Waals surface area contributed by atoms with Crippen molar-refractivity contribution in [2.45, 2.75) is 0 Å². The number of anilines is 2. The maximum atomic E-state index is 11.8. The molecule has 1 N–H and O–H groups in total. The van der Waals surface area contributed by atoms with E-state index in [0.717, 1.165) is 12.2 Å². The average Bonchev–Trinajstić information content (AvgIpc) is 2.69. The predicted molar refractivity (Wildman–Crippen MR) is 72.9 cm³/mol. The van der Waals surface area contributed by atoms with Crippen LogP contribution >= 0.6 is 11.8 Å². The zero-order chi connectivity index (χ0) is 12.7. The monoisotopic (exact) mass is 263 g/mol. The number of para-hydroxylation sites is 1. The van der Waals surface area contributed by atoms with E-state index in [1.54, 1.807) is 0 Å². The van der Waals surface area contributed by atoms with Gasteiger partial charge in [0.25, 0.3) is 0 Å². The van der Waals surface area contributed by atoms with Crippen LogP contribution in [0.15, 0.2) is 18.2 Å². The Kier molecular flexibility index (Phi) is 2.66. The number of nitrogens with one attached hydrogen (secondary N) is 1. The van der Waals surface area contributed by atoms with E-state index in [9.17, 15) is 4.79 Å². The first kappa shape index (κ1) is 11.4. The van der Waals surface area contributed by atoms with Crippen molar-refractivity contribution in [1.29, 1.82) is 5.41 Å². The summed E-state index contributed by atoms with van der Waals surface area (Å²) >= 11 is 1.25. The fraction of sp³-hybridized carbons (Fsp3) is 0.333. The Bertz CT molecular complexity index is 516. The van der Waals surface area contributed by atoms with Gasteiger partial charge in [-0.15, -0.1) is 0 Å². The molecule has 1 aromatic carbocycles. The number of benzene rings is 1. The highest BCUT2D eigenvalue weighted by Crippen LogP contribution is 2.41. The van der Waals surface area contributed by atoms with Crippen molar-refractivity contribution in [2.75, 3.05) is 35.8 Å². The van der Waals surface area contributed by atoms with Crippen LogP contribution in [0, 0.1) is 5.41 Å². The highest BCUT2D eigenvalue weighted by molar-refractivity contribution is 8.15. The molecule has 1 aromatic rings. The lowest BCUT2D eigenvalue weighted by Crippen LogP contribution is -2.33. The van der Waals surface area contributed by atoms with Crippen molar-refractivity contribution < 1.29 is 9.53 Å². The Morgan fingerprint density at radius 1 is 1.39 bits per heavy atom. The van der Waals surface area contributed by atoms with Gasteiger partial charge in [-0.05, 0) is 12.1 Å². The molecular weight excluding hydrogens is 250 g/mol. The van der Waals surface area contributed by atoms with Gasteiger partial charge in [0, 0.05) is 7.05 Å². The number of nitrogens with zero attached hydrogens (tertiary/aromatic N) is 2. The molecule has 18 heavy (non-hydrogen) atoms. The highest BCUT2D eigenvalue weighted by Gasteiger charge is 2.32. The van der Waals surface area contributed by atoms with Gasteiger partial charge in [0.15, 0.2) is 10.9 Å². The summed E-state index contributed by atoms with van der Waals surface area (Å²) in [6.07, 6.45) is 0. The standard InChI is InChI=1S/C12H13N3O2S/c1-14-5-6-17-11-8(14)3-2-4-9(11)15-10(16)7-18-12(15)13/h2-4,13H,5-7H2,1H3. The summed E-state index contributed by atoms with van der Waals surface area (Å²) in [6, 6.07) is 5.69. The number of ether oxygens (including phenoxy) is 1. The van der Waals surface area contributed by atoms with Gasteiger partial charge in [0.2, 0.25) is 5.91 Å². The summed E-state index contributed by atoms with van der Waals surface area (Å²) in [7, 11) is 2.00. The molecule has 2 aliphatic rings. The Hall–Kier alpha value is -1.69. The van der Waals surface area contributed by atoms with Crippen LogP contribution in [-0.2, 0) is 4.79 Å². The van der Waals surface area contributed by atoms with E-state index in [-0.39, 0.29) is 11.1 Å². The van der Waals surface area contributed by atoms with Crippen LogP contribution in [0.25, 0.3) is 0 Å². The van der Waals surface area contributed by atoms with E-state index in [0.29, 0.717) is 23.8 Å². The normalized spacial score (nSPS) is 18.9. The third-order valence-corrected chi connectivity index (χ3v) is 3.93. The quantitative estimate of drug-likeness (QED) is 0.835. The first-order chi connectivity index (χ1) is 8.68. The summed E-state index contributed by atoms with van der Waals surface area (Å²) in [6.45, 7) is 1.43. The molecule has 0 atom stereocenters. The van der Waals surface area contributed by atoms with Crippen molar-refractivity contribution in [1.82, 2.24) is 0 Å². The Morgan fingerprint density at radius 2 is 2.17 bits per heavy atom. The molecule has 0 saturated carbocycles. The number of fused-ring (bicyclic) bond motifs is 1. The van der Waals surface area contributed by atoms with Crippen LogP contribution in [0.4, 0.5) is 11.4 Å². The second-order valence-corrected chi connectivity index (χ2v) is 5.18. The minimum atomic E-state index is -0.0600. The molecule has 0 bridgehead atoms. The number of carbonyl (C=O) groups is 1. The molecular formula is C12H13N3O2S. The first-order valence-electron chi connectivity index (χ1n) is 5.70. The highest BCUT2D eigenvalue weighted by atomic mass is 32.2. The van der Waals surface area contributed by atoms with Crippen LogP contribution in [-0.4, -0.2) is 37.0 Å². The first-order valence-corrected chi connectivity index (χ1v) is 6.68. The molecule has 5 nitrogen and oxygen atoms in total. The number of carbonyl (C=O) groups excluding carboxylic acids is 1. The molecule has 6 heteroatoms. The minimum absolute atomic E-state index is 0.0600. The topological polar surface area (TPSA) is 56.6 Å². The SMILES string of the molecule is CN1CCOc2c1cccc2N1C(=N)SCC1=O. The van der Waals surface area contributed by atoms with Crippen molar-refractivity contribution in [3.63, 3.8) is 0 Å². The molecule has 1 saturated heterocycles. The second-order valence-electron chi connectivity index (χ2n) is 4.22. The summed E-state index contributed by atoms with van der Waals surface area (Å²) in [4.78, 5) is 15.4. The second kappa shape index (κ2) is 4.20. The van der Waals surface area contributed by atoms with E-state index >= 15 is 0 Å². The summed E-state index contributed by atoms with van der Waals surface area (Å²) < 4.78 is 5.69. The van der Waals surface area contributed by atoms with Gasteiger partial charge in [0.1, 0.15) is 6.61 Å². The van der Waals surface area contributed by atoms with Gasteiger partial charge in [-0.3, -0.25) is 15.1 Å². The number of thioether (sulfide) groups is 1. The number of rotatable bonds is 1. The van der Waals surface area contributed by atoms with Gasteiger partial charge in [-0.2, -0.15) is 0 Å².